The standard InChI is InChI=1S/C17H17FIN3O2/c1-10(2)24-22-6-5-11-8-20-9-15(16(11)17(22)23)21-14-4-3-12(19)7-13(14)18/h3-4,7-10,21H,5-6H2,1-2H3. The van der Waals surface area contributed by atoms with Crippen molar-refractivity contribution in [3.8, 4) is 0 Å². The van der Waals surface area contributed by atoms with Gasteiger partial charge >= 0.3 is 0 Å². The van der Waals surface area contributed by atoms with E-state index in [1.54, 1.807) is 18.3 Å². The summed E-state index contributed by atoms with van der Waals surface area (Å²) in [5.41, 5.74) is 2.10. The Morgan fingerprint density at radius 3 is 2.83 bits per heavy atom. The first-order valence-electron chi connectivity index (χ1n) is 7.63. The summed E-state index contributed by atoms with van der Waals surface area (Å²) in [7, 11) is 0. The third-order valence-corrected chi connectivity index (χ3v) is 4.26. The number of fused-ring (bicyclic) bond motifs is 1. The molecular formula is C17H17FIN3O2. The summed E-state index contributed by atoms with van der Waals surface area (Å²) in [6.07, 6.45) is 3.76. The van der Waals surface area contributed by atoms with E-state index in [1.807, 2.05) is 36.4 Å². The number of hydrogen-bond acceptors (Lipinski definition) is 4. The maximum atomic E-state index is 14.1. The van der Waals surface area contributed by atoms with E-state index >= 15 is 0 Å². The molecule has 1 amide bonds. The van der Waals surface area contributed by atoms with Crippen LogP contribution in [0, 0.1) is 9.39 Å². The number of amides is 1. The second-order valence-electron chi connectivity index (χ2n) is 5.78. The molecule has 0 bridgehead atoms. The molecule has 1 aromatic heterocycles. The highest BCUT2D eigenvalue weighted by Gasteiger charge is 2.29. The molecule has 1 aliphatic rings. The fourth-order valence-corrected chi connectivity index (χ4v) is 3.03. The van der Waals surface area contributed by atoms with E-state index in [0.29, 0.717) is 29.9 Å². The van der Waals surface area contributed by atoms with Crippen molar-refractivity contribution in [2.24, 2.45) is 0 Å². The van der Waals surface area contributed by atoms with Gasteiger partial charge in [0.25, 0.3) is 5.91 Å². The molecule has 0 fully saturated rings. The van der Waals surface area contributed by atoms with E-state index < -0.39 is 0 Å². The van der Waals surface area contributed by atoms with Gasteiger partial charge in [0.05, 0.1) is 35.8 Å². The monoisotopic (exact) mass is 441 g/mol. The smallest absolute Gasteiger partial charge is 0.279 e. The zero-order valence-electron chi connectivity index (χ0n) is 13.3. The molecule has 0 atom stereocenters. The third-order valence-electron chi connectivity index (χ3n) is 3.59. The van der Waals surface area contributed by atoms with Crippen LogP contribution in [-0.4, -0.2) is 28.6 Å². The summed E-state index contributed by atoms with van der Waals surface area (Å²) in [6, 6.07) is 4.87. The van der Waals surface area contributed by atoms with Crippen molar-refractivity contribution in [2.75, 3.05) is 11.9 Å². The topological polar surface area (TPSA) is 54.5 Å². The third kappa shape index (κ3) is 3.51. The maximum Gasteiger partial charge on any atom is 0.279 e. The molecule has 0 aliphatic carbocycles. The van der Waals surface area contributed by atoms with Gasteiger partial charge in [0.15, 0.2) is 0 Å². The van der Waals surface area contributed by atoms with Crippen molar-refractivity contribution in [1.82, 2.24) is 10.0 Å². The lowest BCUT2D eigenvalue weighted by atomic mass is 10.0. The average Bonchev–Trinajstić information content (AvgIpc) is 2.52. The van der Waals surface area contributed by atoms with Gasteiger partial charge in [-0.3, -0.25) is 14.6 Å². The van der Waals surface area contributed by atoms with E-state index in [4.69, 9.17) is 4.84 Å². The second kappa shape index (κ2) is 7.02. The molecule has 1 aromatic carbocycles. The van der Waals surface area contributed by atoms with Crippen LogP contribution in [0.5, 0.6) is 0 Å². The first-order chi connectivity index (χ1) is 11.5. The van der Waals surface area contributed by atoms with Crippen molar-refractivity contribution in [3.05, 3.63) is 51.1 Å². The van der Waals surface area contributed by atoms with E-state index in [2.05, 4.69) is 10.3 Å². The Kier molecular flexibility index (Phi) is 5.00. The number of hydrogen-bond donors (Lipinski definition) is 1. The van der Waals surface area contributed by atoms with Crippen molar-refractivity contribution in [1.29, 1.82) is 0 Å². The fraction of sp³-hybridized carbons (Fsp3) is 0.294. The van der Waals surface area contributed by atoms with E-state index in [9.17, 15) is 9.18 Å². The number of benzene rings is 1. The highest BCUT2D eigenvalue weighted by molar-refractivity contribution is 14.1. The van der Waals surface area contributed by atoms with E-state index in [0.717, 1.165) is 9.13 Å². The van der Waals surface area contributed by atoms with E-state index in [-0.39, 0.29) is 17.8 Å². The van der Waals surface area contributed by atoms with Crippen LogP contribution in [0.1, 0.15) is 29.8 Å². The van der Waals surface area contributed by atoms with Crippen LogP contribution in [0.2, 0.25) is 0 Å². The Labute approximate surface area is 153 Å². The van der Waals surface area contributed by atoms with Gasteiger partial charge in [-0.25, -0.2) is 9.45 Å². The summed E-state index contributed by atoms with van der Waals surface area (Å²) >= 11 is 2.05. The molecule has 0 spiro atoms. The number of carbonyl (C=O) groups is 1. The van der Waals surface area contributed by atoms with Crippen molar-refractivity contribution >= 4 is 39.9 Å². The molecule has 1 N–H and O–H groups in total. The van der Waals surface area contributed by atoms with Crippen molar-refractivity contribution in [2.45, 2.75) is 26.4 Å². The lowest BCUT2D eigenvalue weighted by molar-refractivity contribution is -0.153. The maximum absolute atomic E-state index is 14.1. The molecule has 7 heteroatoms. The molecule has 24 heavy (non-hydrogen) atoms. The number of pyridine rings is 1. The Bertz CT molecular complexity index is 782. The largest absolute Gasteiger partial charge is 0.351 e. The number of carbonyl (C=O) groups excluding carboxylic acids is 1. The molecule has 0 radical (unpaired) electrons. The molecular weight excluding hydrogens is 424 g/mol. The van der Waals surface area contributed by atoms with Gasteiger partial charge in [0.2, 0.25) is 0 Å². The number of nitrogens with zero attached hydrogens (tertiary/aromatic N) is 2. The predicted molar refractivity (Wildman–Crippen MR) is 97.6 cm³/mol. The van der Waals surface area contributed by atoms with Gasteiger partial charge in [-0.05, 0) is 66.6 Å². The highest BCUT2D eigenvalue weighted by atomic mass is 127. The second-order valence-corrected chi connectivity index (χ2v) is 7.03. The van der Waals surface area contributed by atoms with Crippen LogP contribution in [0.15, 0.2) is 30.6 Å². The lowest BCUT2D eigenvalue weighted by Gasteiger charge is -2.30. The van der Waals surface area contributed by atoms with Gasteiger partial charge in [-0.1, -0.05) is 0 Å². The molecule has 3 rings (SSSR count). The molecule has 2 aromatic rings. The minimum atomic E-state index is -0.377. The molecule has 1 aliphatic heterocycles. The lowest BCUT2D eigenvalue weighted by Crippen LogP contribution is -2.39. The van der Waals surface area contributed by atoms with Crippen LogP contribution in [0.4, 0.5) is 15.8 Å². The predicted octanol–water partition coefficient (Wildman–Crippen LogP) is 3.91. The van der Waals surface area contributed by atoms with Crippen LogP contribution in [-0.2, 0) is 11.3 Å². The number of anilines is 2. The minimum absolute atomic E-state index is 0.0950. The Morgan fingerprint density at radius 1 is 1.33 bits per heavy atom. The average molecular weight is 441 g/mol. The summed E-state index contributed by atoms with van der Waals surface area (Å²) in [5, 5.41) is 4.35. The van der Waals surface area contributed by atoms with Crippen LogP contribution in [0.25, 0.3) is 0 Å². The first-order valence-corrected chi connectivity index (χ1v) is 8.71. The zero-order valence-corrected chi connectivity index (χ0v) is 15.5. The molecule has 126 valence electrons. The van der Waals surface area contributed by atoms with Crippen LogP contribution in [0.3, 0.4) is 0 Å². The zero-order chi connectivity index (χ0) is 17.3. The summed E-state index contributed by atoms with van der Waals surface area (Å²) in [4.78, 5) is 22.5. The number of rotatable bonds is 4. The van der Waals surface area contributed by atoms with Crippen LogP contribution < -0.4 is 5.32 Å². The normalized spacial score (nSPS) is 14.0. The fourth-order valence-electron chi connectivity index (χ4n) is 2.58. The van der Waals surface area contributed by atoms with E-state index in [1.165, 1.54) is 17.3 Å². The summed E-state index contributed by atoms with van der Waals surface area (Å²) in [6.45, 7) is 4.22. The number of aromatic nitrogens is 1. The first kappa shape index (κ1) is 17.1. The molecule has 0 saturated heterocycles. The quantitative estimate of drug-likeness (QED) is 0.732. The van der Waals surface area contributed by atoms with Crippen LogP contribution >= 0.6 is 22.6 Å². The SMILES string of the molecule is CC(C)ON1CCc2cncc(Nc3ccc(I)cc3F)c2C1=O. The molecule has 0 saturated carbocycles. The molecule has 5 nitrogen and oxygen atoms in total. The summed E-state index contributed by atoms with van der Waals surface area (Å²) in [5.74, 6) is -0.612. The number of halogens is 2. The molecule has 2 heterocycles. The van der Waals surface area contributed by atoms with Crippen molar-refractivity contribution < 1.29 is 14.0 Å². The number of nitrogens with one attached hydrogen (secondary N) is 1. The molecule has 0 unspecified atom stereocenters. The van der Waals surface area contributed by atoms with Gasteiger partial charge in [0, 0.05) is 9.77 Å². The van der Waals surface area contributed by atoms with Gasteiger partial charge in [-0.2, -0.15) is 0 Å². The Hall–Kier alpha value is -1.74. The number of hydroxylamine groups is 2. The Balaban J connectivity index is 1.95. The summed E-state index contributed by atoms with van der Waals surface area (Å²) < 4.78 is 14.9. The van der Waals surface area contributed by atoms with Gasteiger partial charge in [0.1, 0.15) is 5.82 Å². The minimum Gasteiger partial charge on any atom is -0.351 e. The van der Waals surface area contributed by atoms with Gasteiger partial charge in [-0.15, -0.1) is 0 Å². The Morgan fingerprint density at radius 2 is 2.12 bits per heavy atom. The van der Waals surface area contributed by atoms with Gasteiger partial charge < -0.3 is 5.32 Å². The van der Waals surface area contributed by atoms with Crippen molar-refractivity contribution in [3.63, 3.8) is 0 Å². The highest BCUT2D eigenvalue weighted by Crippen LogP contribution is 2.29.